The minimum absolute atomic E-state index is 0.149. The van der Waals surface area contributed by atoms with E-state index in [2.05, 4.69) is 30.9 Å². The molecule has 1 saturated heterocycles. The van der Waals surface area contributed by atoms with Crippen LogP contribution in [0.1, 0.15) is 11.1 Å². The van der Waals surface area contributed by atoms with Gasteiger partial charge in [0.15, 0.2) is 5.13 Å². The third-order valence-electron chi connectivity index (χ3n) is 5.45. The lowest BCUT2D eigenvalue weighted by molar-refractivity contribution is -0.129. The first-order valence-electron chi connectivity index (χ1n) is 9.78. The number of hydrogen-bond donors (Lipinski definition) is 0. The molecule has 5 nitrogen and oxygen atoms in total. The smallest absolute Gasteiger partial charge is 0.242 e. The van der Waals surface area contributed by atoms with E-state index in [1.807, 2.05) is 41.1 Å². The van der Waals surface area contributed by atoms with Crippen molar-refractivity contribution in [2.75, 3.05) is 49.6 Å². The minimum Gasteiger partial charge on any atom is -0.368 e. The lowest BCUT2D eigenvalue weighted by Crippen LogP contribution is -2.51. The Bertz CT molecular complexity index is 986. The molecule has 2 aromatic carbocycles. The molecule has 0 atom stereocenters. The van der Waals surface area contributed by atoms with Crippen LogP contribution in [0.5, 0.6) is 0 Å². The monoisotopic (exact) mass is 428 g/mol. The molecule has 0 aliphatic carbocycles. The second kappa shape index (κ2) is 8.20. The first-order chi connectivity index (χ1) is 13.9. The number of hydrogen-bond acceptors (Lipinski definition) is 5. The number of thiazole rings is 1. The van der Waals surface area contributed by atoms with Gasteiger partial charge in [0.2, 0.25) is 5.91 Å². The first-order valence-corrected chi connectivity index (χ1v) is 11.0. The Labute approximate surface area is 180 Å². The SMILES string of the molecule is Cc1ccc(C)c2sc(N(C)CC(=O)N3CCN(c4ccc(Cl)cc4)CC3)nc12. The van der Waals surface area contributed by atoms with Crippen molar-refractivity contribution in [2.45, 2.75) is 13.8 Å². The van der Waals surface area contributed by atoms with Gasteiger partial charge in [-0.1, -0.05) is 35.1 Å². The van der Waals surface area contributed by atoms with E-state index in [0.717, 1.165) is 47.5 Å². The summed E-state index contributed by atoms with van der Waals surface area (Å²) in [5.74, 6) is 0.149. The van der Waals surface area contributed by atoms with Gasteiger partial charge in [-0.2, -0.15) is 0 Å². The number of anilines is 2. The molecule has 1 fully saturated rings. The molecule has 152 valence electrons. The number of nitrogens with zero attached hydrogens (tertiary/aromatic N) is 4. The molecule has 0 unspecified atom stereocenters. The Morgan fingerprint density at radius 2 is 1.72 bits per heavy atom. The molecule has 0 radical (unpaired) electrons. The Morgan fingerprint density at radius 1 is 1.07 bits per heavy atom. The fraction of sp³-hybridized carbons (Fsp3) is 0.364. The van der Waals surface area contributed by atoms with E-state index in [1.54, 1.807) is 11.3 Å². The summed E-state index contributed by atoms with van der Waals surface area (Å²) in [5, 5.41) is 1.64. The summed E-state index contributed by atoms with van der Waals surface area (Å²) in [7, 11) is 1.95. The van der Waals surface area contributed by atoms with Crippen LogP contribution in [-0.4, -0.2) is 55.6 Å². The van der Waals surface area contributed by atoms with Crippen molar-refractivity contribution in [1.82, 2.24) is 9.88 Å². The number of carbonyl (C=O) groups excluding carboxylic acids is 1. The molecule has 0 bridgehead atoms. The van der Waals surface area contributed by atoms with Crippen LogP contribution < -0.4 is 9.80 Å². The molecule has 0 spiro atoms. The molecule has 3 aromatic rings. The Balaban J connectivity index is 1.38. The number of fused-ring (bicyclic) bond motifs is 1. The molecule has 1 aromatic heterocycles. The van der Waals surface area contributed by atoms with Gasteiger partial charge in [-0.05, 0) is 49.2 Å². The van der Waals surface area contributed by atoms with Gasteiger partial charge < -0.3 is 14.7 Å². The highest BCUT2D eigenvalue weighted by Gasteiger charge is 2.23. The Kier molecular flexibility index (Phi) is 5.65. The van der Waals surface area contributed by atoms with E-state index in [1.165, 1.54) is 15.8 Å². The summed E-state index contributed by atoms with van der Waals surface area (Å²) in [4.78, 5) is 23.8. The normalized spacial score (nSPS) is 14.5. The molecule has 0 N–H and O–H groups in total. The van der Waals surface area contributed by atoms with Crippen molar-refractivity contribution in [1.29, 1.82) is 0 Å². The fourth-order valence-electron chi connectivity index (χ4n) is 3.65. The molecule has 7 heteroatoms. The zero-order valence-corrected chi connectivity index (χ0v) is 18.6. The van der Waals surface area contributed by atoms with Crippen molar-refractivity contribution in [3.63, 3.8) is 0 Å². The van der Waals surface area contributed by atoms with Gasteiger partial charge in [0.25, 0.3) is 0 Å². The van der Waals surface area contributed by atoms with Crippen LogP contribution in [0.25, 0.3) is 10.2 Å². The number of piperazine rings is 1. The summed E-state index contributed by atoms with van der Waals surface area (Å²) in [6.07, 6.45) is 0. The lowest BCUT2D eigenvalue weighted by Gasteiger charge is -2.36. The first kappa shape index (κ1) is 20.0. The van der Waals surface area contributed by atoms with E-state index < -0.39 is 0 Å². The van der Waals surface area contributed by atoms with Crippen molar-refractivity contribution in [3.8, 4) is 0 Å². The molecule has 4 rings (SSSR count). The molecule has 29 heavy (non-hydrogen) atoms. The highest BCUT2D eigenvalue weighted by atomic mass is 35.5. The molecule has 0 saturated carbocycles. The zero-order chi connectivity index (χ0) is 20.5. The summed E-state index contributed by atoms with van der Waals surface area (Å²) < 4.78 is 1.20. The predicted octanol–water partition coefficient (Wildman–Crippen LogP) is 4.35. The van der Waals surface area contributed by atoms with Crippen molar-refractivity contribution in [3.05, 3.63) is 52.5 Å². The number of amides is 1. The fourth-order valence-corrected chi connectivity index (χ4v) is 4.85. The number of rotatable bonds is 4. The summed E-state index contributed by atoms with van der Waals surface area (Å²) in [5.41, 5.74) is 4.60. The van der Waals surface area contributed by atoms with Crippen LogP contribution in [0.4, 0.5) is 10.8 Å². The molecular formula is C22H25ClN4OS. The van der Waals surface area contributed by atoms with Crippen LogP contribution in [0, 0.1) is 13.8 Å². The maximum atomic E-state index is 12.8. The lowest BCUT2D eigenvalue weighted by atomic mass is 10.1. The number of benzene rings is 2. The zero-order valence-electron chi connectivity index (χ0n) is 17.0. The second-order valence-electron chi connectivity index (χ2n) is 7.57. The Hall–Kier alpha value is -2.31. The maximum absolute atomic E-state index is 12.8. The number of aryl methyl sites for hydroxylation is 2. The summed E-state index contributed by atoms with van der Waals surface area (Å²) >= 11 is 7.64. The number of aromatic nitrogens is 1. The number of likely N-dealkylation sites (N-methyl/N-ethyl adjacent to an activating group) is 1. The number of carbonyl (C=O) groups is 1. The van der Waals surface area contributed by atoms with Gasteiger partial charge in [-0.3, -0.25) is 4.79 Å². The van der Waals surface area contributed by atoms with Gasteiger partial charge in [0, 0.05) is 43.9 Å². The average Bonchev–Trinajstić information content (AvgIpc) is 3.19. The quantitative estimate of drug-likeness (QED) is 0.619. The van der Waals surface area contributed by atoms with Crippen LogP contribution in [0.15, 0.2) is 36.4 Å². The third kappa shape index (κ3) is 4.19. The van der Waals surface area contributed by atoms with Crippen LogP contribution in [0.3, 0.4) is 0 Å². The molecule has 1 amide bonds. The molecule has 1 aliphatic heterocycles. The molecular weight excluding hydrogens is 404 g/mol. The van der Waals surface area contributed by atoms with Gasteiger partial charge in [-0.25, -0.2) is 4.98 Å². The van der Waals surface area contributed by atoms with Crippen molar-refractivity contribution >= 4 is 49.9 Å². The van der Waals surface area contributed by atoms with Gasteiger partial charge in [0.05, 0.1) is 16.8 Å². The van der Waals surface area contributed by atoms with Crippen LogP contribution >= 0.6 is 22.9 Å². The highest BCUT2D eigenvalue weighted by molar-refractivity contribution is 7.22. The van der Waals surface area contributed by atoms with Crippen LogP contribution in [-0.2, 0) is 4.79 Å². The highest BCUT2D eigenvalue weighted by Crippen LogP contribution is 2.32. The second-order valence-corrected chi connectivity index (χ2v) is 8.99. The third-order valence-corrected chi connectivity index (χ3v) is 7.01. The van der Waals surface area contributed by atoms with Gasteiger partial charge >= 0.3 is 0 Å². The van der Waals surface area contributed by atoms with E-state index in [-0.39, 0.29) is 5.91 Å². The van der Waals surface area contributed by atoms with E-state index in [4.69, 9.17) is 16.6 Å². The summed E-state index contributed by atoms with van der Waals surface area (Å²) in [6, 6.07) is 12.1. The largest absolute Gasteiger partial charge is 0.368 e. The topological polar surface area (TPSA) is 39.7 Å². The average molecular weight is 429 g/mol. The molecule has 2 heterocycles. The summed E-state index contributed by atoms with van der Waals surface area (Å²) in [6.45, 7) is 7.65. The van der Waals surface area contributed by atoms with Crippen molar-refractivity contribution < 1.29 is 4.79 Å². The Morgan fingerprint density at radius 3 is 2.38 bits per heavy atom. The van der Waals surface area contributed by atoms with E-state index >= 15 is 0 Å². The van der Waals surface area contributed by atoms with Crippen molar-refractivity contribution in [2.24, 2.45) is 0 Å². The number of halogens is 1. The van der Waals surface area contributed by atoms with Gasteiger partial charge in [0.1, 0.15) is 0 Å². The minimum atomic E-state index is 0.149. The molecule has 1 aliphatic rings. The van der Waals surface area contributed by atoms with Gasteiger partial charge in [-0.15, -0.1) is 0 Å². The predicted molar refractivity (Wildman–Crippen MR) is 123 cm³/mol. The van der Waals surface area contributed by atoms with E-state index in [9.17, 15) is 4.79 Å². The maximum Gasteiger partial charge on any atom is 0.242 e. The van der Waals surface area contributed by atoms with E-state index in [0.29, 0.717) is 6.54 Å². The standard InChI is InChI=1S/C22H25ClN4OS/c1-15-4-5-16(2)21-20(15)24-22(29-21)25(3)14-19(28)27-12-10-26(11-13-27)18-8-6-17(23)7-9-18/h4-9H,10-14H2,1-3H3. The van der Waals surface area contributed by atoms with Crippen LogP contribution in [0.2, 0.25) is 5.02 Å².